The number of aliphatic hydroxyl groups excluding tert-OH is 1. The molecule has 0 fully saturated rings. The van der Waals surface area contributed by atoms with E-state index in [2.05, 4.69) is 85.0 Å². The van der Waals surface area contributed by atoms with Crippen molar-refractivity contribution in [3.05, 3.63) is 109 Å². The molecule has 4 aromatic carbocycles. The van der Waals surface area contributed by atoms with Crippen molar-refractivity contribution in [3.8, 4) is 0 Å². The Morgan fingerprint density at radius 1 is 0.724 bits per heavy atom. The van der Waals surface area contributed by atoms with Gasteiger partial charge in [-0.2, -0.15) is 0 Å². The van der Waals surface area contributed by atoms with Gasteiger partial charge in [0.15, 0.2) is 0 Å². The molecule has 0 spiro atoms. The van der Waals surface area contributed by atoms with E-state index in [1.165, 1.54) is 21.4 Å². The van der Waals surface area contributed by atoms with E-state index in [0.717, 1.165) is 11.8 Å². The third-order valence-corrected chi connectivity index (χ3v) is 7.62. The molecule has 0 heterocycles. The van der Waals surface area contributed by atoms with Gasteiger partial charge in [-0.3, -0.25) is 0 Å². The minimum Gasteiger partial charge on any atom is -0.387 e. The summed E-state index contributed by atoms with van der Waals surface area (Å²) < 4.78 is 0. The molecule has 0 amide bonds. The zero-order chi connectivity index (χ0) is 20.1. The lowest BCUT2D eigenvalue weighted by Crippen LogP contribution is -2.34. The molecule has 2 nitrogen and oxygen atoms in total. The van der Waals surface area contributed by atoms with Crippen molar-refractivity contribution in [2.24, 2.45) is 0 Å². The molecule has 0 aromatic heterocycles. The Hall–Kier alpha value is -2.51. The molecule has 29 heavy (non-hydrogen) atoms. The van der Waals surface area contributed by atoms with E-state index in [9.17, 15) is 5.11 Å². The van der Waals surface area contributed by atoms with Crippen molar-refractivity contribution < 1.29 is 5.11 Å². The van der Waals surface area contributed by atoms with Gasteiger partial charge in [-0.25, -0.2) is 0 Å². The van der Waals surface area contributed by atoms with Gasteiger partial charge in [0.25, 0.3) is 0 Å². The Labute approximate surface area is 174 Å². The molecular formula is C26H26NOP. The summed E-state index contributed by atoms with van der Waals surface area (Å²) >= 11 is 0. The molecule has 3 heteroatoms. The van der Waals surface area contributed by atoms with E-state index in [0.29, 0.717) is 0 Å². The van der Waals surface area contributed by atoms with Crippen molar-refractivity contribution in [3.63, 3.8) is 0 Å². The van der Waals surface area contributed by atoms with Crippen LogP contribution >= 0.6 is 7.92 Å². The van der Waals surface area contributed by atoms with Crippen LogP contribution in [0.3, 0.4) is 0 Å². The highest BCUT2D eigenvalue weighted by Crippen LogP contribution is 2.34. The van der Waals surface area contributed by atoms with Crippen LogP contribution in [-0.4, -0.2) is 17.4 Å². The second kappa shape index (κ2) is 9.33. The van der Waals surface area contributed by atoms with Crippen LogP contribution in [0.5, 0.6) is 0 Å². The van der Waals surface area contributed by atoms with Gasteiger partial charge in [-0.05, 0) is 47.9 Å². The third-order valence-electron chi connectivity index (χ3n) is 5.30. The molecule has 0 saturated carbocycles. The van der Waals surface area contributed by atoms with E-state index < -0.39 is 14.0 Å². The van der Waals surface area contributed by atoms with Crippen LogP contribution < -0.4 is 15.9 Å². The number of nitrogens with one attached hydrogen (secondary N) is 1. The second-order valence-electron chi connectivity index (χ2n) is 7.30. The Kier molecular flexibility index (Phi) is 6.36. The first kappa shape index (κ1) is 19.8. The maximum atomic E-state index is 10.7. The Balaban J connectivity index is 1.58. The Morgan fingerprint density at radius 2 is 1.34 bits per heavy atom. The standard InChI is InChI=1S/C26H26NOP/c1-20(26(28)22-11-4-2-5-12-22)27-19-29(24-14-6-3-7-15-24)25-17-16-21-10-8-9-13-23(21)18-25/h2-18,20,26-28H,19H2,1H3/t20-,26-,29-/m0/s1. The van der Waals surface area contributed by atoms with E-state index in [-0.39, 0.29) is 6.04 Å². The van der Waals surface area contributed by atoms with Crippen molar-refractivity contribution in [2.45, 2.75) is 19.1 Å². The van der Waals surface area contributed by atoms with E-state index >= 15 is 0 Å². The molecule has 0 aliphatic rings. The van der Waals surface area contributed by atoms with Crippen molar-refractivity contribution in [1.82, 2.24) is 5.32 Å². The zero-order valence-corrected chi connectivity index (χ0v) is 17.5. The van der Waals surface area contributed by atoms with Gasteiger partial charge in [0.05, 0.1) is 6.10 Å². The molecule has 0 radical (unpaired) electrons. The summed E-state index contributed by atoms with van der Waals surface area (Å²) in [6.45, 7) is 2.05. The average molecular weight is 399 g/mol. The average Bonchev–Trinajstić information content (AvgIpc) is 2.79. The largest absolute Gasteiger partial charge is 0.387 e. The van der Waals surface area contributed by atoms with Gasteiger partial charge in [-0.15, -0.1) is 0 Å². The van der Waals surface area contributed by atoms with Gasteiger partial charge in [0, 0.05) is 12.3 Å². The predicted molar refractivity (Wildman–Crippen MR) is 125 cm³/mol. The minimum atomic E-state index is -0.572. The highest BCUT2D eigenvalue weighted by Gasteiger charge is 2.19. The number of rotatable bonds is 7. The molecule has 3 atom stereocenters. The summed E-state index contributed by atoms with van der Waals surface area (Å²) in [5.41, 5.74) is 0.947. The van der Waals surface area contributed by atoms with Crippen LogP contribution in [0.2, 0.25) is 0 Å². The first-order valence-corrected chi connectivity index (χ1v) is 11.5. The van der Waals surface area contributed by atoms with Crippen molar-refractivity contribution in [2.75, 3.05) is 6.29 Å². The van der Waals surface area contributed by atoms with Crippen LogP contribution in [0.1, 0.15) is 18.6 Å². The summed E-state index contributed by atoms with van der Waals surface area (Å²) in [6, 6.07) is 35.8. The minimum absolute atomic E-state index is 0.0356. The molecule has 4 rings (SSSR count). The summed E-state index contributed by atoms with van der Waals surface area (Å²) in [6.07, 6.45) is 0.295. The Bertz CT molecular complexity index is 1050. The first-order valence-electron chi connectivity index (χ1n) is 10.00. The molecule has 0 aliphatic heterocycles. The predicted octanol–water partition coefficient (Wildman–Crippen LogP) is 4.94. The van der Waals surface area contributed by atoms with Gasteiger partial charge >= 0.3 is 0 Å². The van der Waals surface area contributed by atoms with Crippen LogP contribution in [0.4, 0.5) is 0 Å². The lowest BCUT2D eigenvalue weighted by molar-refractivity contribution is 0.139. The van der Waals surface area contributed by atoms with E-state index in [1.54, 1.807) is 0 Å². The fourth-order valence-electron chi connectivity index (χ4n) is 3.57. The summed E-state index contributed by atoms with van der Waals surface area (Å²) in [4.78, 5) is 0. The number of hydrogen-bond donors (Lipinski definition) is 2. The van der Waals surface area contributed by atoms with Gasteiger partial charge in [0.2, 0.25) is 0 Å². The van der Waals surface area contributed by atoms with Crippen LogP contribution in [-0.2, 0) is 0 Å². The number of aliphatic hydroxyl groups is 1. The molecule has 4 aromatic rings. The third kappa shape index (κ3) is 4.74. The molecule has 0 bridgehead atoms. The lowest BCUT2D eigenvalue weighted by atomic mass is 10.0. The monoisotopic (exact) mass is 399 g/mol. The first-order chi connectivity index (χ1) is 14.2. The smallest absolute Gasteiger partial charge is 0.0940 e. The molecule has 146 valence electrons. The summed E-state index contributed by atoms with van der Waals surface area (Å²) in [7, 11) is -0.572. The quantitative estimate of drug-likeness (QED) is 0.432. The van der Waals surface area contributed by atoms with E-state index in [1.807, 2.05) is 30.3 Å². The normalized spacial score (nSPS) is 14.4. The lowest BCUT2D eigenvalue weighted by Gasteiger charge is -2.25. The zero-order valence-electron chi connectivity index (χ0n) is 16.6. The molecule has 0 saturated heterocycles. The number of benzene rings is 4. The van der Waals surface area contributed by atoms with Crippen LogP contribution in [0.25, 0.3) is 10.8 Å². The van der Waals surface area contributed by atoms with E-state index in [4.69, 9.17) is 0 Å². The summed E-state index contributed by atoms with van der Waals surface area (Å²) in [5, 5.41) is 19.6. The van der Waals surface area contributed by atoms with Crippen LogP contribution in [0, 0.1) is 0 Å². The second-order valence-corrected chi connectivity index (χ2v) is 9.51. The molecule has 2 N–H and O–H groups in total. The summed E-state index contributed by atoms with van der Waals surface area (Å²) in [5.74, 6) is 0. The molecule has 0 aliphatic carbocycles. The molecule has 0 unspecified atom stereocenters. The van der Waals surface area contributed by atoms with Crippen molar-refractivity contribution in [1.29, 1.82) is 0 Å². The van der Waals surface area contributed by atoms with Gasteiger partial charge in [-0.1, -0.05) is 97.1 Å². The number of hydrogen-bond acceptors (Lipinski definition) is 2. The van der Waals surface area contributed by atoms with Gasteiger partial charge < -0.3 is 10.4 Å². The SMILES string of the molecule is C[C@H](NC[P@@](c1ccccc1)c1ccc2ccccc2c1)[C@H](O)c1ccccc1. The number of fused-ring (bicyclic) bond motifs is 1. The van der Waals surface area contributed by atoms with Crippen molar-refractivity contribution >= 4 is 29.3 Å². The maximum absolute atomic E-state index is 10.7. The molecular weight excluding hydrogens is 373 g/mol. The topological polar surface area (TPSA) is 32.3 Å². The maximum Gasteiger partial charge on any atom is 0.0940 e. The highest BCUT2D eigenvalue weighted by molar-refractivity contribution is 7.72. The fraction of sp³-hybridized carbons (Fsp3) is 0.154. The fourth-order valence-corrected chi connectivity index (χ4v) is 5.79. The van der Waals surface area contributed by atoms with Gasteiger partial charge in [0.1, 0.15) is 0 Å². The highest BCUT2D eigenvalue weighted by atomic mass is 31.1. The van der Waals surface area contributed by atoms with Crippen LogP contribution in [0.15, 0.2) is 103 Å². The Morgan fingerprint density at radius 3 is 2.07 bits per heavy atom.